The fourth-order valence-corrected chi connectivity index (χ4v) is 3.42. The lowest BCUT2D eigenvalue weighted by Crippen LogP contribution is -2.35. The summed E-state index contributed by atoms with van der Waals surface area (Å²) in [4.78, 5) is 20.5. The highest BCUT2D eigenvalue weighted by atomic mass is 16.2. The molecule has 4 rings (SSSR count). The van der Waals surface area contributed by atoms with Crippen LogP contribution in [0.2, 0.25) is 0 Å². The summed E-state index contributed by atoms with van der Waals surface area (Å²) in [6.45, 7) is 2.09. The van der Waals surface area contributed by atoms with Gasteiger partial charge in [-0.3, -0.25) is 14.8 Å². The van der Waals surface area contributed by atoms with E-state index in [0.29, 0.717) is 16.9 Å². The molecular formula is C21H15N5O. The molecule has 130 valence electrons. The quantitative estimate of drug-likeness (QED) is 0.702. The molecule has 0 N–H and O–H groups in total. The maximum atomic E-state index is 13.3. The van der Waals surface area contributed by atoms with Crippen molar-refractivity contribution in [1.29, 1.82) is 10.5 Å². The Morgan fingerprint density at radius 3 is 2.70 bits per heavy atom. The van der Waals surface area contributed by atoms with Crippen LogP contribution >= 0.6 is 0 Å². The van der Waals surface area contributed by atoms with Gasteiger partial charge in [-0.1, -0.05) is 30.3 Å². The van der Waals surface area contributed by atoms with Crippen LogP contribution in [0.25, 0.3) is 10.8 Å². The number of pyridine rings is 1. The Kier molecular flexibility index (Phi) is 3.95. The predicted octanol–water partition coefficient (Wildman–Crippen LogP) is 3.75. The average Bonchev–Trinajstić information content (AvgIpc) is 3.03. The van der Waals surface area contributed by atoms with Crippen LogP contribution in [0.5, 0.6) is 0 Å². The molecule has 1 saturated heterocycles. The summed E-state index contributed by atoms with van der Waals surface area (Å²) in [6.07, 6.45) is 3.34. The number of hydrogen-bond donors (Lipinski definition) is 0. The van der Waals surface area contributed by atoms with E-state index in [9.17, 15) is 15.3 Å². The van der Waals surface area contributed by atoms with Crippen LogP contribution in [-0.2, 0) is 0 Å². The van der Waals surface area contributed by atoms with E-state index in [1.165, 1.54) is 9.80 Å². The van der Waals surface area contributed by atoms with Crippen molar-refractivity contribution in [3.05, 3.63) is 66.0 Å². The SMILES string of the molecule is Cc1ccc(C#N)c(N2C[C@@H](C#N)N(c3cncc4ccccc34)C2=O)c1. The van der Waals surface area contributed by atoms with E-state index in [2.05, 4.69) is 17.1 Å². The predicted molar refractivity (Wildman–Crippen MR) is 102 cm³/mol. The Labute approximate surface area is 156 Å². The van der Waals surface area contributed by atoms with Crippen LogP contribution < -0.4 is 9.80 Å². The number of carbonyl (C=O) groups excluding carboxylic acids is 1. The highest BCUT2D eigenvalue weighted by molar-refractivity contribution is 6.12. The van der Waals surface area contributed by atoms with Crippen LogP contribution in [0, 0.1) is 29.6 Å². The molecule has 1 atom stereocenters. The molecule has 1 fully saturated rings. The molecule has 0 aliphatic carbocycles. The van der Waals surface area contributed by atoms with Crippen molar-refractivity contribution in [2.24, 2.45) is 0 Å². The van der Waals surface area contributed by atoms with Crippen LogP contribution in [0.3, 0.4) is 0 Å². The number of amides is 2. The molecule has 1 aliphatic rings. The zero-order valence-corrected chi connectivity index (χ0v) is 14.6. The highest BCUT2D eigenvalue weighted by Crippen LogP contribution is 2.34. The number of aromatic nitrogens is 1. The second-order valence-corrected chi connectivity index (χ2v) is 6.42. The average molecular weight is 353 g/mol. The molecule has 0 bridgehead atoms. The highest BCUT2D eigenvalue weighted by Gasteiger charge is 2.40. The van der Waals surface area contributed by atoms with Crippen molar-refractivity contribution in [2.45, 2.75) is 13.0 Å². The standard InChI is InChI=1S/C21H15N5O/c1-14-6-7-15(9-22)19(8-14)25-13-17(10-23)26(21(25)27)20-12-24-11-16-4-2-3-5-18(16)20/h2-8,11-12,17H,13H2,1H3/t17-/m1/s1. The first-order chi connectivity index (χ1) is 13.1. The van der Waals surface area contributed by atoms with Gasteiger partial charge in [-0.2, -0.15) is 10.5 Å². The Morgan fingerprint density at radius 2 is 1.93 bits per heavy atom. The molecule has 6 heteroatoms. The van der Waals surface area contributed by atoms with E-state index in [0.717, 1.165) is 16.3 Å². The number of benzene rings is 2. The van der Waals surface area contributed by atoms with Gasteiger partial charge >= 0.3 is 6.03 Å². The summed E-state index contributed by atoms with van der Waals surface area (Å²) < 4.78 is 0. The Bertz CT molecular complexity index is 1140. The van der Waals surface area contributed by atoms with E-state index in [1.54, 1.807) is 24.5 Å². The largest absolute Gasteiger partial charge is 0.330 e. The number of rotatable bonds is 2. The van der Waals surface area contributed by atoms with Gasteiger partial charge in [0.15, 0.2) is 0 Å². The lowest BCUT2D eigenvalue weighted by Gasteiger charge is -2.21. The molecule has 3 aromatic rings. The Morgan fingerprint density at radius 1 is 1.11 bits per heavy atom. The molecule has 0 radical (unpaired) electrons. The topological polar surface area (TPSA) is 84.0 Å². The molecule has 1 aliphatic heterocycles. The normalized spacial score (nSPS) is 16.4. The first-order valence-corrected chi connectivity index (χ1v) is 8.48. The zero-order valence-electron chi connectivity index (χ0n) is 14.6. The maximum Gasteiger partial charge on any atom is 0.330 e. The van der Waals surface area contributed by atoms with Gasteiger partial charge in [-0.15, -0.1) is 0 Å². The van der Waals surface area contributed by atoms with Crippen LogP contribution in [0.1, 0.15) is 11.1 Å². The van der Waals surface area contributed by atoms with Crippen molar-refractivity contribution >= 4 is 28.2 Å². The monoisotopic (exact) mass is 353 g/mol. The van der Waals surface area contributed by atoms with Gasteiger partial charge in [0.2, 0.25) is 0 Å². The summed E-state index contributed by atoms with van der Waals surface area (Å²) in [6, 6.07) is 16.3. The number of urea groups is 1. The first kappa shape index (κ1) is 16.6. The zero-order chi connectivity index (χ0) is 19.0. The van der Waals surface area contributed by atoms with Crippen molar-refractivity contribution in [1.82, 2.24) is 4.98 Å². The van der Waals surface area contributed by atoms with Gasteiger partial charge in [0.1, 0.15) is 12.1 Å². The number of nitriles is 2. The summed E-state index contributed by atoms with van der Waals surface area (Å²) in [5.74, 6) is 0. The first-order valence-electron chi connectivity index (χ1n) is 8.48. The number of nitrogens with zero attached hydrogens (tertiary/aromatic N) is 5. The van der Waals surface area contributed by atoms with E-state index in [1.807, 2.05) is 37.3 Å². The van der Waals surface area contributed by atoms with E-state index < -0.39 is 6.04 Å². The third-order valence-electron chi connectivity index (χ3n) is 4.72. The third kappa shape index (κ3) is 2.65. The van der Waals surface area contributed by atoms with Crippen molar-refractivity contribution in [2.75, 3.05) is 16.3 Å². The molecule has 6 nitrogen and oxygen atoms in total. The number of carbonyl (C=O) groups is 1. The summed E-state index contributed by atoms with van der Waals surface area (Å²) in [5.41, 5.74) is 2.47. The van der Waals surface area contributed by atoms with Crippen molar-refractivity contribution in [3.8, 4) is 12.1 Å². The molecule has 2 aromatic carbocycles. The second kappa shape index (κ2) is 6.44. The van der Waals surface area contributed by atoms with Gasteiger partial charge in [-0.25, -0.2) is 4.79 Å². The Hall–Kier alpha value is -3.90. The molecular weight excluding hydrogens is 338 g/mol. The number of aryl methyl sites for hydroxylation is 1. The smallest absolute Gasteiger partial charge is 0.289 e. The summed E-state index contributed by atoms with van der Waals surface area (Å²) in [5, 5.41) is 20.9. The molecule has 1 aromatic heterocycles. The van der Waals surface area contributed by atoms with E-state index in [-0.39, 0.29) is 12.6 Å². The van der Waals surface area contributed by atoms with Gasteiger partial charge in [0.05, 0.1) is 35.7 Å². The second-order valence-electron chi connectivity index (χ2n) is 6.42. The molecule has 2 heterocycles. The fraction of sp³-hybridized carbons (Fsp3) is 0.143. The fourth-order valence-electron chi connectivity index (χ4n) is 3.42. The van der Waals surface area contributed by atoms with Crippen LogP contribution in [0.4, 0.5) is 16.2 Å². The van der Waals surface area contributed by atoms with Crippen molar-refractivity contribution in [3.63, 3.8) is 0 Å². The minimum Gasteiger partial charge on any atom is -0.289 e. The minimum atomic E-state index is -0.669. The third-order valence-corrected chi connectivity index (χ3v) is 4.72. The molecule has 0 unspecified atom stereocenters. The lowest BCUT2D eigenvalue weighted by molar-refractivity contribution is 0.255. The van der Waals surface area contributed by atoms with E-state index in [4.69, 9.17) is 0 Å². The van der Waals surface area contributed by atoms with Gasteiger partial charge in [0.25, 0.3) is 0 Å². The summed E-state index contributed by atoms with van der Waals surface area (Å²) >= 11 is 0. The number of fused-ring (bicyclic) bond motifs is 1. The molecule has 0 spiro atoms. The van der Waals surface area contributed by atoms with Crippen LogP contribution in [-0.4, -0.2) is 23.6 Å². The van der Waals surface area contributed by atoms with Gasteiger partial charge < -0.3 is 0 Å². The van der Waals surface area contributed by atoms with Gasteiger partial charge in [-0.05, 0) is 24.6 Å². The molecule has 2 amide bonds. The van der Waals surface area contributed by atoms with Crippen molar-refractivity contribution < 1.29 is 4.79 Å². The summed E-state index contributed by atoms with van der Waals surface area (Å²) in [7, 11) is 0. The van der Waals surface area contributed by atoms with Crippen LogP contribution in [0.15, 0.2) is 54.9 Å². The maximum absolute atomic E-state index is 13.3. The number of anilines is 2. The molecule has 0 saturated carbocycles. The number of hydrogen-bond acceptors (Lipinski definition) is 4. The lowest BCUT2D eigenvalue weighted by atomic mass is 10.1. The minimum absolute atomic E-state index is 0.191. The Balaban J connectivity index is 1.84. The molecule has 27 heavy (non-hydrogen) atoms. The van der Waals surface area contributed by atoms with E-state index >= 15 is 0 Å². The van der Waals surface area contributed by atoms with Gasteiger partial charge in [0, 0.05) is 17.0 Å².